The van der Waals surface area contributed by atoms with Crippen LogP contribution in [0.4, 0.5) is 5.95 Å². The van der Waals surface area contributed by atoms with Crippen LogP contribution in [0.15, 0.2) is 12.4 Å². The van der Waals surface area contributed by atoms with Gasteiger partial charge in [-0.1, -0.05) is 0 Å². The second kappa shape index (κ2) is 5.89. The molecule has 0 radical (unpaired) electrons. The van der Waals surface area contributed by atoms with Crippen molar-refractivity contribution in [1.29, 1.82) is 0 Å². The Morgan fingerprint density at radius 2 is 1.68 bits per heavy atom. The van der Waals surface area contributed by atoms with Crippen molar-refractivity contribution in [2.24, 2.45) is 0 Å². The van der Waals surface area contributed by atoms with Crippen molar-refractivity contribution in [2.75, 3.05) is 19.5 Å². The van der Waals surface area contributed by atoms with Gasteiger partial charge in [-0.05, 0) is 6.92 Å². The van der Waals surface area contributed by atoms with E-state index in [0.717, 1.165) is 11.4 Å². The Balaban J connectivity index is 2.08. The van der Waals surface area contributed by atoms with Gasteiger partial charge < -0.3 is 14.8 Å². The molecule has 0 unspecified atom stereocenters. The van der Waals surface area contributed by atoms with Crippen LogP contribution < -0.4 is 14.8 Å². The molecule has 19 heavy (non-hydrogen) atoms. The molecule has 8 heteroatoms. The quantitative estimate of drug-likeness (QED) is 0.837. The van der Waals surface area contributed by atoms with Crippen LogP contribution in [0.5, 0.6) is 12.0 Å². The van der Waals surface area contributed by atoms with Crippen molar-refractivity contribution in [3.63, 3.8) is 0 Å². The summed E-state index contributed by atoms with van der Waals surface area (Å²) in [5.74, 6) is 0.353. The van der Waals surface area contributed by atoms with Gasteiger partial charge >= 0.3 is 12.0 Å². The number of hydrogen-bond donors (Lipinski definition) is 1. The summed E-state index contributed by atoms with van der Waals surface area (Å²) < 4.78 is 9.91. The molecule has 0 aliphatic heterocycles. The maximum Gasteiger partial charge on any atom is 0.324 e. The molecule has 1 N–H and O–H groups in total. The standard InChI is InChI=1S/C11H14N6O2/c1-7-4-13-8(5-12-7)6-14-9-15-10(18-2)17-11(16-9)19-3/h4-5H,6H2,1-3H3,(H,14,15,16,17). The molecule has 0 aliphatic rings. The average Bonchev–Trinajstić information content (AvgIpc) is 2.46. The Morgan fingerprint density at radius 3 is 2.21 bits per heavy atom. The van der Waals surface area contributed by atoms with Crippen molar-refractivity contribution in [1.82, 2.24) is 24.9 Å². The molecule has 100 valence electrons. The van der Waals surface area contributed by atoms with Crippen LogP contribution in [0.1, 0.15) is 11.4 Å². The van der Waals surface area contributed by atoms with E-state index in [-0.39, 0.29) is 12.0 Å². The molecular weight excluding hydrogens is 248 g/mol. The van der Waals surface area contributed by atoms with E-state index in [1.807, 2.05) is 6.92 Å². The van der Waals surface area contributed by atoms with Gasteiger partial charge in [0.15, 0.2) is 0 Å². The molecule has 8 nitrogen and oxygen atoms in total. The van der Waals surface area contributed by atoms with Crippen LogP contribution in [-0.2, 0) is 6.54 Å². The van der Waals surface area contributed by atoms with Gasteiger partial charge in [0.2, 0.25) is 5.95 Å². The summed E-state index contributed by atoms with van der Waals surface area (Å²) in [6.07, 6.45) is 3.39. The van der Waals surface area contributed by atoms with Crippen molar-refractivity contribution < 1.29 is 9.47 Å². The second-order valence-electron chi connectivity index (χ2n) is 3.64. The van der Waals surface area contributed by atoms with Crippen molar-refractivity contribution in [3.05, 3.63) is 23.8 Å². The molecule has 0 saturated heterocycles. The average molecular weight is 262 g/mol. The zero-order chi connectivity index (χ0) is 13.7. The highest BCUT2D eigenvalue weighted by Crippen LogP contribution is 2.12. The number of ether oxygens (including phenoxy) is 2. The number of nitrogens with zero attached hydrogens (tertiary/aromatic N) is 5. The van der Waals surface area contributed by atoms with E-state index < -0.39 is 0 Å². The summed E-state index contributed by atoms with van der Waals surface area (Å²) >= 11 is 0. The Kier molecular flexibility index (Phi) is 4.01. The molecule has 2 aromatic rings. The van der Waals surface area contributed by atoms with Gasteiger partial charge in [0.05, 0.1) is 38.3 Å². The molecule has 0 spiro atoms. The van der Waals surface area contributed by atoms with Gasteiger partial charge in [0.1, 0.15) is 0 Å². The van der Waals surface area contributed by atoms with E-state index in [1.165, 1.54) is 14.2 Å². The highest BCUT2D eigenvalue weighted by atomic mass is 16.5. The Hall–Kier alpha value is -2.51. The largest absolute Gasteiger partial charge is 0.467 e. The van der Waals surface area contributed by atoms with Crippen LogP contribution in [0.3, 0.4) is 0 Å². The lowest BCUT2D eigenvalue weighted by atomic mass is 10.4. The minimum Gasteiger partial charge on any atom is -0.467 e. The first-order valence-corrected chi connectivity index (χ1v) is 5.56. The summed E-state index contributed by atoms with van der Waals surface area (Å²) in [7, 11) is 2.95. The zero-order valence-electron chi connectivity index (χ0n) is 10.9. The van der Waals surface area contributed by atoms with Gasteiger partial charge in [0.25, 0.3) is 0 Å². The van der Waals surface area contributed by atoms with E-state index in [2.05, 4.69) is 30.2 Å². The Morgan fingerprint density at radius 1 is 1.00 bits per heavy atom. The molecule has 0 bridgehead atoms. The smallest absolute Gasteiger partial charge is 0.324 e. The zero-order valence-corrected chi connectivity index (χ0v) is 10.9. The first-order chi connectivity index (χ1) is 9.21. The summed E-state index contributed by atoms with van der Waals surface area (Å²) in [5.41, 5.74) is 1.65. The van der Waals surface area contributed by atoms with Crippen LogP contribution >= 0.6 is 0 Å². The summed E-state index contributed by atoms with van der Waals surface area (Å²) in [5, 5.41) is 3.01. The van der Waals surface area contributed by atoms with E-state index >= 15 is 0 Å². The normalized spacial score (nSPS) is 10.1. The number of nitrogens with one attached hydrogen (secondary N) is 1. The summed E-state index contributed by atoms with van der Waals surface area (Å²) in [6.45, 7) is 2.33. The molecule has 2 aromatic heterocycles. The highest BCUT2D eigenvalue weighted by molar-refractivity contribution is 5.28. The minimum atomic E-state index is 0.185. The van der Waals surface area contributed by atoms with Crippen LogP contribution in [0.2, 0.25) is 0 Å². The summed E-state index contributed by atoms with van der Waals surface area (Å²) in [6, 6.07) is 0.369. The maximum absolute atomic E-state index is 4.95. The fraction of sp³-hybridized carbons (Fsp3) is 0.364. The molecule has 0 saturated carbocycles. The van der Waals surface area contributed by atoms with E-state index in [1.54, 1.807) is 12.4 Å². The van der Waals surface area contributed by atoms with Crippen molar-refractivity contribution >= 4 is 5.95 Å². The predicted molar refractivity (Wildman–Crippen MR) is 67.0 cm³/mol. The Bertz CT molecular complexity index is 523. The van der Waals surface area contributed by atoms with Gasteiger partial charge in [-0.25, -0.2) is 0 Å². The number of aryl methyl sites for hydroxylation is 1. The topological polar surface area (TPSA) is 94.9 Å². The lowest BCUT2D eigenvalue weighted by molar-refractivity contribution is 0.341. The maximum atomic E-state index is 4.95. The number of anilines is 1. The third kappa shape index (κ3) is 3.47. The third-order valence-electron chi connectivity index (χ3n) is 2.22. The van der Waals surface area contributed by atoms with E-state index in [4.69, 9.17) is 9.47 Å². The molecular formula is C11H14N6O2. The van der Waals surface area contributed by atoms with Crippen molar-refractivity contribution in [3.8, 4) is 12.0 Å². The van der Waals surface area contributed by atoms with Crippen LogP contribution in [0, 0.1) is 6.92 Å². The fourth-order valence-electron chi connectivity index (χ4n) is 1.28. The fourth-order valence-corrected chi connectivity index (χ4v) is 1.28. The first kappa shape index (κ1) is 12.9. The molecule has 0 aliphatic carbocycles. The SMILES string of the molecule is COc1nc(NCc2cnc(C)cn2)nc(OC)n1. The molecule has 0 atom stereocenters. The minimum absolute atomic E-state index is 0.185. The monoisotopic (exact) mass is 262 g/mol. The highest BCUT2D eigenvalue weighted by Gasteiger charge is 2.06. The van der Waals surface area contributed by atoms with Gasteiger partial charge in [-0.3, -0.25) is 9.97 Å². The van der Waals surface area contributed by atoms with Gasteiger partial charge in [0, 0.05) is 6.20 Å². The van der Waals surface area contributed by atoms with Gasteiger partial charge in [-0.15, -0.1) is 4.98 Å². The lowest BCUT2D eigenvalue weighted by Crippen LogP contribution is -2.08. The third-order valence-corrected chi connectivity index (χ3v) is 2.22. The number of aromatic nitrogens is 5. The molecule has 0 aromatic carbocycles. The van der Waals surface area contributed by atoms with Crippen molar-refractivity contribution in [2.45, 2.75) is 13.5 Å². The number of methoxy groups -OCH3 is 2. The molecule has 2 rings (SSSR count). The Labute approximate surface area is 110 Å². The van der Waals surface area contributed by atoms with Gasteiger partial charge in [-0.2, -0.15) is 9.97 Å². The molecule has 0 amide bonds. The number of rotatable bonds is 5. The first-order valence-electron chi connectivity index (χ1n) is 5.56. The lowest BCUT2D eigenvalue weighted by Gasteiger charge is -2.06. The van der Waals surface area contributed by atoms with E-state index in [9.17, 15) is 0 Å². The predicted octanol–water partition coefficient (Wildman–Crippen LogP) is 0.599. The van der Waals surface area contributed by atoms with E-state index in [0.29, 0.717) is 12.5 Å². The molecule has 0 fully saturated rings. The second-order valence-corrected chi connectivity index (χ2v) is 3.64. The van der Waals surface area contributed by atoms with Crippen LogP contribution in [0.25, 0.3) is 0 Å². The number of hydrogen-bond acceptors (Lipinski definition) is 8. The summed E-state index contributed by atoms with van der Waals surface area (Å²) in [4.78, 5) is 20.4. The van der Waals surface area contributed by atoms with Crippen LogP contribution in [-0.4, -0.2) is 39.1 Å². The molecule has 2 heterocycles.